The zero-order valence-corrected chi connectivity index (χ0v) is 16.4. The Morgan fingerprint density at radius 2 is 1.58 bits per heavy atom. The first kappa shape index (κ1) is 20.2. The molecule has 6 nitrogen and oxygen atoms in total. The molecular weight excluding hydrogens is 332 g/mol. The number of hydrogen-bond acceptors (Lipinski definition) is 4. The zero-order chi connectivity index (χ0) is 18.9. The van der Waals surface area contributed by atoms with Gasteiger partial charge < -0.3 is 24.8 Å². The van der Waals surface area contributed by atoms with Crippen LogP contribution in [0.2, 0.25) is 0 Å². The standard InChI is InChI=1S/C20H32N2O4/c1-5-24-17-12-15(13-18(25-6-2)19(17)26-7-3)21-20(23)22-16-11-9-8-10-14(16)4/h12-14,16H,5-11H2,1-4H3,(H2,21,22,23). The Balaban J connectivity index is 2.15. The molecule has 1 saturated carbocycles. The molecule has 0 aromatic heterocycles. The molecule has 2 N–H and O–H groups in total. The fourth-order valence-corrected chi connectivity index (χ4v) is 3.33. The molecule has 0 bridgehead atoms. The number of benzene rings is 1. The van der Waals surface area contributed by atoms with E-state index in [1.165, 1.54) is 12.8 Å². The molecule has 2 rings (SSSR count). The largest absolute Gasteiger partial charge is 0.490 e. The van der Waals surface area contributed by atoms with Gasteiger partial charge in [0, 0.05) is 18.2 Å². The number of anilines is 1. The van der Waals surface area contributed by atoms with Gasteiger partial charge in [0.2, 0.25) is 5.75 Å². The molecule has 1 aliphatic rings. The lowest BCUT2D eigenvalue weighted by Crippen LogP contribution is -2.43. The third-order valence-corrected chi connectivity index (χ3v) is 4.59. The van der Waals surface area contributed by atoms with Gasteiger partial charge in [0.25, 0.3) is 0 Å². The maximum Gasteiger partial charge on any atom is 0.319 e. The molecule has 1 aromatic carbocycles. The monoisotopic (exact) mass is 364 g/mol. The molecule has 1 aliphatic carbocycles. The lowest BCUT2D eigenvalue weighted by atomic mass is 9.86. The SMILES string of the molecule is CCOc1cc(NC(=O)NC2CCCCC2C)cc(OCC)c1OCC. The number of ether oxygens (including phenoxy) is 3. The Morgan fingerprint density at radius 3 is 2.12 bits per heavy atom. The Bertz CT molecular complexity index is 564. The van der Waals surface area contributed by atoms with Crippen LogP contribution in [0.4, 0.5) is 10.5 Å². The molecule has 1 aromatic rings. The molecule has 2 amide bonds. The first-order chi connectivity index (χ1) is 12.6. The smallest absolute Gasteiger partial charge is 0.319 e. The maximum atomic E-state index is 12.4. The Hall–Kier alpha value is -2.11. The van der Waals surface area contributed by atoms with E-state index in [4.69, 9.17) is 14.2 Å². The second-order valence-corrected chi connectivity index (χ2v) is 6.57. The van der Waals surface area contributed by atoms with Crippen molar-refractivity contribution in [3.63, 3.8) is 0 Å². The summed E-state index contributed by atoms with van der Waals surface area (Å²) in [7, 11) is 0. The Kier molecular flexibility index (Phi) is 7.88. The molecule has 0 spiro atoms. The van der Waals surface area contributed by atoms with Gasteiger partial charge in [-0.25, -0.2) is 4.79 Å². The summed E-state index contributed by atoms with van der Waals surface area (Å²) < 4.78 is 17.1. The van der Waals surface area contributed by atoms with Crippen LogP contribution in [0.1, 0.15) is 53.4 Å². The molecule has 6 heteroatoms. The van der Waals surface area contributed by atoms with Gasteiger partial charge in [-0.05, 0) is 39.5 Å². The van der Waals surface area contributed by atoms with Crippen LogP contribution in [-0.2, 0) is 0 Å². The van der Waals surface area contributed by atoms with E-state index in [2.05, 4.69) is 17.6 Å². The van der Waals surface area contributed by atoms with E-state index in [0.717, 1.165) is 12.8 Å². The fourth-order valence-electron chi connectivity index (χ4n) is 3.33. The molecule has 0 heterocycles. The van der Waals surface area contributed by atoms with Crippen LogP contribution < -0.4 is 24.8 Å². The number of rotatable bonds is 8. The van der Waals surface area contributed by atoms with Crippen molar-refractivity contribution in [2.45, 2.75) is 59.4 Å². The van der Waals surface area contributed by atoms with Crippen molar-refractivity contribution in [2.75, 3.05) is 25.1 Å². The molecule has 1 fully saturated rings. The Labute approximate surface area is 156 Å². The second-order valence-electron chi connectivity index (χ2n) is 6.57. The van der Waals surface area contributed by atoms with Gasteiger partial charge >= 0.3 is 6.03 Å². The highest BCUT2D eigenvalue weighted by molar-refractivity contribution is 5.90. The highest BCUT2D eigenvalue weighted by Crippen LogP contribution is 2.40. The van der Waals surface area contributed by atoms with Crippen LogP contribution in [0.15, 0.2) is 12.1 Å². The van der Waals surface area contributed by atoms with Crippen LogP contribution in [-0.4, -0.2) is 31.9 Å². The number of nitrogens with one attached hydrogen (secondary N) is 2. The zero-order valence-electron chi connectivity index (χ0n) is 16.4. The number of hydrogen-bond donors (Lipinski definition) is 2. The number of amides is 2. The summed E-state index contributed by atoms with van der Waals surface area (Å²) in [5.41, 5.74) is 0.626. The fraction of sp³-hybridized carbons (Fsp3) is 0.650. The Morgan fingerprint density at radius 1 is 1.00 bits per heavy atom. The van der Waals surface area contributed by atoms with Crippen LogP contribution in [0.5, 0.6) is 17.2 Å². The van der Waals surface area contributed by atoms with Gasteiger partial charge in [-0.3, -0.25) is 0 Å². The normalized spacial score (nSPS) is 19.5. The molecule has 0 radical (unpaired) electrons. The quantitative estimate of drug-likeness (QED) is 0.708. The van der Waals surface area contributed by atoms with E-state index in [1.807, 2.05) is 20.8 Å². The first-order valence-corrected chi connectivity index (χ1v) is 9.72. The number of urea groups is 1. The summed E-state index contributed by atoms with van der Waals surface area (Å²) in [4.78, 5) is 12.4. The summed E-state index contributed by atoms with van der Waals surface area (Å²) in [5, 5.41) is 6.01. The van der Waals surface area contributed by atoms with Crippen molar-refractivity contribution in [1.29, 1.82) is 0 Å². The summed E-state index contributed by atoms with van der Waals surface area (Å²) in [6.45, 7) is 9.44. The van der Waals surface area contributed by atoms with Crippen molar-refractivity contribution in [1.82, 2.24) is 5.32 Å². The third-order valence-electron chi connectivity index (χ3n) is 4.59. The molecule has 0 saturated heterocycles. The third kappa shape index (κ3) is 5.44. The van der Waals surface area contributed by atoms with E-state index in [0.29, 0.717) is 48.7 Å². The highest BCUT2D eigenvalue weighted by Gasteiger charge is 2.23. The summed E-state index contributed by atoms with van der Waals surface area (Å²) in [5.74, 6) is 2.22. The van der Waals surface area contributed by atoms with E-state index in [1.54, 1.807) is 12.1 Å². The van der Waals surface area contributed by atoms with Crippen LogP contribution in [0.25, 0.3) is 0 Å². The summed E-state index contributed by atoms with van der Waals surface area (Å²) in [6, 6.07) is 3.59. The summed E-state index contributed by atoms with van der Waals surface area (Å²) in [6.07, 6.45) is 4.61. The lowest BCUT2D eigenvalue weighted by Gasteiger charge is -2.29. The van der Waals surface area contributed by atoms with Gasteiger partial charge in [-0.1, -0.05) is 19.8 Å². The van der Waals surface area contributed by atoms with Gasteiger partial charge in [0.15, 0.2) is 11.5 Å². The minimum Gasteiger partial charge on any atom is -0.490 e. The lowest BCUT2D eigenvalue weighted by molar-refractivity contribution is 0.232. The molecule has 0 aliphatic heterocycles. The minimum atomic E-state index is -0.196. The average molecular weight is 364 g/mol. The van der Waals surface area contributed by atoms with Crippen LogP contribution >= 0.6 is 0 Å². The molecule has 146 valence electrons. The second kappa shape index (κ2) is 10.1. The molecule has 2 atom stereocenters. The number of carbonyl (C=O) groups excluding carboxylic acids is 1. The van der Waals surface area contributed by atoms with E-state index >= 15 is 0 Å². The molecular formula is C20H32N2O4. The minimum absolute atomic E-state index is 0.196. The summed E-state index contributed by atoms with van der Waals surface area (Å²) >= 11 is 0. The molecule has 2 unspecified atom stereocenters. The van der Waals surface area contributed by atoms with E-state index in [9.17, 15) is 4.79 Å². The van der Waals surface area contributed by atoms with E-state index < -0.39 is 0 Å². The predicted molar refractivity (Wildman–Crippen MR) is 104 cm³/mol. The van der Waals surface area contributed by atoms with E-state index in [-0.39, 0.29) is 12.1 Å². The van der Waals surface area contributed by atoms with Gasteiger partial charge in [0.05, 0.1) is 25.5 Å². The van der Waals surface area contributed by atoms with Crippen LogP contribution in [0, 0.1) is 5.92 Å². The van der Waals surface area contributed by atoms with Crippen molar-refractivity contribution in [3.8, 4) is 17.2 Å². The maximum absolute atomic E-state index is 12.4. The van der Waals surface area contributed by atoms with Crippen LogP contribution in [0.3, 0.4) is 0 Å². The van der Waals surface area contributed by atoms with Gasteiger partial charge in [-0.2, -0.15) is 0 Å². The first-order valence-electron chi connectivity index (χ1n) is 9.72. The van der Waals surface area contributed by atoms with Crippen molar-refractivity contribution in [2.24, 2.45) is 5.92 Å². The van der Waals surface area contributed by atoms with Gasteiger partial charge in [0.1, 0.15) is 0 Å². The van der Waals surface area contributed by atoms with Crippen molar-refractivity contribution < 1.29 is 19.0 Å². The number of carbonyl (C=O) groups is 1. The van der Waals surface area contributed by atoms with Crippen molar-refractivity contribution >= 4 is 11.7 Å². The average Bonchev–Trinajstić information content (AvgIpc) is 2.60. The topological polar surface area (TPSA) is 68.8 Å². The van der Waals surface area contributed by atoms with Gasteiger partial charge in [-0.15, -0.1) is 0 Å². The highest BCUT2D eigenvalue weighted by atomic mass is 16.5. The predicted octanol–water partition coefficient (Wildman–Crippen LogP) is 4.58. The van der Waals surface area contributed by atoms with Crippen molar-refractivity contribution in [3.05, 3.63) is 12.1 Å². The molecule has 26 heavy (non-hydrogen) atoms.